The van der Waals surface area contributed by atoms with Gasteiger partial charge in [-0.25, -0.2) is 0 Å². The van der Waals surface area contributed by atoms with Crippen LogP contribution in [0.2, 0.25) is 0 Å². The van der Waals surface area contributed by atoms with E-state index in [1.165, 1.54) is 22.0 Å². The predicted molar refractivity (Wildman–Crippen MR) is 73.8 cm³/mol. The molecule has 1 N–H and O–H groups in total. The SMILES string of the molecule is Cc1cccc2c(C3CCOCCN3)cn(C)c12. The Kier molecular flexibility index (Phi) is 3.10. The third-order valence-corrected chi connectivity index (χ3v) is 3.80. The van der Waals surface area contributed by atoms with Crippen molar-refractivity contribution in [1.29, 1.82) is 0 Å². The van der Waals surface area contributed by atoms with E-state index in [0.717, 1.165) is 26.2 Å². The average molecular weight is 244 g/mol. The second-order valence-corrected chi connectivity index (χ2v) is 5.07. The van der Waals surface area contributed by atoms with Gasteiger partial charge in [0.25, 0.3) is 0 Å². The van der Waals surface area contributed by atoms with Crippen LogP contribution in [-0.2, 0) is 11.8 Å². The predicted octanol–water partition coefficient (Wildman–Crippen LogP) is 2.54. The van der Waals surface area contributed by atoms with Crippen molar-refractivity contribution in [3.05, 3.63) is 35.5 Å². The van der Waals surface area contributed by atoms with E-state index in [2.05, 4.69) is 48.3 Å². The van der Waals surface area contributed by atoms with Gasteiger partial charge in [-0.3, -0.25) is 0 Å². The summed E-state index contributed by atoms with van der Waals surface area (Å²) in [7, 11) is 2.13. The Labute approximate surface area is 108 Å². The number of nitrogens with zero attached hydrogens (tertiary/aromatic N) is 1. The molecule has 1 aromatic heterocycles. The van der Waals surface area contributed by atoms with Gasteiger partial charge >= 0.3 is 0 Å². The number of aromatic nitrogens is 1. The van der Waals surface area contributed by atoms with Crippen molar-refractivity contribution < 1.29 is 4.74 Å². The molecule has 1 aromatic carbocycles. The van der Waals surface area contributed by atoms with E-state index >= 15 is 0 Å². The molecule has 1 saturated heterocycles. The minimum absolute atomic E-state index is 0.415. The maximum Gasteiger partial charge on any atom is 0.0591 e. The molecule has 3 heteroatoms. The highest BCUT2D eigenvalue weighted by Crippen LogP contribution is 2.30. The lowest BCUT2D eigenvalue weighted by Crippen LogP contribution is -2.21. The molecule has 1 unspecified atom stereocenters. The number of nitrogens with one attached hydrogen (secondary N) is 1. The van der Waals surface area contributed by atoms with E-state index in [4.69, 9.17) is 4.74 Å². The van der Waals surface area contributed by atoms with Crippen LogP contribution in [0.25, 0.3) is 10.9 Å². The molecular weight excluding hydrogens is 224 g/mol. The molecule has 96 valence electrons. The molecule has 1 aliphatic heterocycles. The molecule has 1 atom stereocenters. The number of hydrogen-bond acceptors (Lipinski definition) is 2. The van der Waals surface area contributed by atoms with Crippen molar-refractivity contribution in [2.24, 2.45) is 7.05 Å². The molecule has 3 nitrogen and oxygen atoms in total. The fourth-order valence-corrected chi connectivity index (χ4v) is 2.96. The van der Waals surface area contributed by atoms with Crippen molar-refractivity contribution >= 4 is 10.9 Å². The normalized spacial score (nSPS) is 21.1. The van der Waals surface area contributed by atoms with E-state index in [1.807, 2.05) is 0 Å². The average Bonchev–Trinajstić information content (AvgIpc) is 2.56. The molecule has 0 bridgehead atoms. The lowest BCUT2D eigenvalue weighted by Gasteiger charge is -2.14. The second-order valence-electron chi connectivity index (χ2n) is 5.07. The van der Waals surface area contributed by atoms with Crippen molar-refractivity contribution in [3.63, 3.8) is 0 Å². The van der Waals surface area contributed by atoms with Crippen LogP contribution in [0.5, 0.6) is 0 Å². The van der Waals surface area contributed by atoms with E-state index in [9.17, 15) is 0 Å². The number of fused-ring (bicyclic) bond motifs is 1. The summed E-state index contributed by atoms with van der Waals surface area (Å²) in [6, 6.07) is 6.97. The summed E-state index contributed by atoms with van der Waals surface area (Å²) in [6.45, 7) is 4.78. The molecule has 0 radical (unpaired) electrons. The summed E-state index contributed by atoms with van der Waals surface area (Å²) in [6.07, 6.45) is 3.31. The lowest BCUT2D eigenvalue weighted by molar-refractivity contribution is 0.150. The van der Waals surface area contributed by atoms with Crippen LogP contribution in [-0.4, -0.2) is 24.3 Å². The Bertz CT molecular complexity index is 551. The molecule has 0 spiro atoms. The Hall–Kier alpha value is -1.32. The largest absolute Gasteiger partial charge is 0.380 e. The Morgan fingerprint density at radius 3 is 3.11 bits per heavy atom. The van der Waals surface area contributed by atoms with E-state index < -0.39 is 0 Å². The second kappa shape index (κ2) is 4.75. The first-order valence-electron chi connectivity index (χ1n) is 6.63. The number of benzene rings is 1. The number of ether oxygens (including phenoxy) is 1. The van der Waals surface area contributed by atoms with Gasteiger partial charge in [0.15, 0.2) is 0 Å². The summed E-state index contributed by atoms with van der Waals surface area (Å²) in [4.78, 5) is 0. The number of aryl methyl sites for hydroxylation is 2. The first-order valence-corrected chi connectivity index (χ1v) is 6.63. The maximum absolute atomic E-state index is 5.52. The Morgan fingerprint density at radius 2 is 2.22 bits per heavy atom. The molecule has 18 heavy (non-hydrogen) atoms. The summed E-state index contributed by atoms with van der Waals surface area (Å²) < 4.78 is 7.76. The molecule has 3 rings (SSSR count). The first kappa shape index (κ1) is 11.8. The van der Waals surface area contributed by atoms with Crippen molar-refractivity contribution in [3.8, 4) is 0 Å². The summed E-state index contributed by atoms with van der Waals surface area (Å²) in [5.74, 6) is 0. The van der Waals surface area contributed by atoms with E-state index in [1.54, 1.807) is 0 Å². The van der Waals surface area contributed by atoms with Gasteiger partial charge in [0.2, 0.25) is 0 Å². The van der Waals surface area contributed by atoms with Crippen LogP contribution >= 0.6 is 0 Å². The molecule has 0 saturated carbocycles. The molecule has 0 amide bonds. The molecular formula is C15H20N2O. The summed E-state index contributed by atoms with van der Waals surface area (Å²) in [5.41, 5.74) is 4.09. The van der Waals surface area contributed by atoms with Crippen LogP contribution in [0.4, 0.5) is 0 Å². The number of para-hydroxylation sites is 1. The minimum Gasteiger partial charge on any atom is -0.380 e. The zero-order chi connectivity index (χ0) is 12.5. The third-order valence-electron chi connectivity index (χ3n) is 3.80. The zero-order valence-electron chi connectivity index (χ0n) is 11.1. The topological polar surface area (TPSA) is 26.2 Å². The highest BCUT2D eigenvalue weighted by Gasteiger charge is 2.18. The maximum atomic E-state index is 5.52. The van der Waals surface area contributed by atoms with E-state index in [0.29, 0.717) is 6.04 Å². The van der Waals surface area contributed by atoms with Crippen molar-refractivity contribution in [2.75, 3.05) is 19.8 Å². The Morgan fingerprint density at radius 1 is 1.33 bits per heavy atom. The van der Waals surface area contributed by atoms with Crippen LogP contribution in [0.3, 0.4) is 0 Å². The minimum atomic E-state index is 0.415. The standard InChI is InChI=1S/C15H20N2O/c1-11-4-3-5-12-13(10-17(2)15(11)12)14-6-8-18-9-7-16-14/h3-5,10,14,16H,6-9H2,1-2H3. The van der Waals surface area contributed by atoms with Gasteiger partial charge in [0, 0.05) is 37.8 Å². The highest BCUT2D eigenvalue weighted by atomic mass is 16.5. The van der Waals surface area contributed by atoms with Crippen LogP contribution in [0.15, 0.2) is 24.4 Å². The Balaban J connectivity index is 2.08. The van der Waals surface area contributed by atoms with Gasteiger partial charge in [-0.05, 0) is 24.5 Å². The third kappa shape index (κ3) is 1.93. The smallest absolute Gasteiger partial charge is 0.0591 e. The van der Waals surface area contributed by atoms with Gasteiger partial charge < -0.3 is 14.6 Å². The monoisotopic (exact) mass is 244 g/mol. The number of hydrogen-bond donors (Lipinski definition) is 1. The van der Waals surface area contributed by atoms with Gasteiger partial charge in [0.05, 0.1) is 12.1 Å². The van der Waals surface area contributed by atoms with Crippen molar-refractivity contribution in [2.45, 2.75) is 19.4 Å². The van der Waals surface area contributed by atoms with Gasteiger partial charge in [-0.1, -0.05) is 18.2 Å². The van der Waals surface area contributed by atoms with E-state index in [-0.39, 0.29) is 0 Å². The first-order chi connectivity index (χ1) is 8.77. The summed E-state index contributed by atoms with van der Waals surface area (Å²) in [5, 5.41) is 4.96. The summed E-state index contributed by atoms with van der Waals surface area (Å²) >= 11 is 0. The van der Waals surface area contributed by atoms with Gasteiger partial charge in [0.1, 0.15) is 0 Å². The molecule has 0 aliphatic carbocycles. The van der Waals surface area contributed by atoms with Crippen LogP contribution < -0.4 is 5.32 Å². The van der Waals surface area contributed by atoms with Crippen molar-refractivity contribution in [1.82, 2.24) is 9.88 Å². The fraction of sp³-hybridized carbons (Fsp3) is 0.467. The molecule has 1 aliphatic rings. The van der Waals surface area contributed by atoms with Gasteiger partial charge in [-0.2, -0.15) is 0 Å². The fourth-order valence-electron chi connectivity index (χ4n) is 2.96. The van der Waals surface area contributed by atoms with Crippen LogP contribution in [0, 0.1) is 6.92 Å². The highest BCUT2D eigenvalue weighted by molar-refractivity contribution is 5.87. The molecule has 2 aromatic rings. The zero-order valence-corrected chi connectivity index (χ0v) is 11.1. The lowest BCUT2D eigenvalue weighted by atomic mass is 10.0. The quantitative estimate of drug-likeness (QED) is 0.834. The number of rotatable bonds is 1. The van der Waals surface area contributed by atoms with Crippen LogP contribution in [0.1, 0.15) is 23.6 Å². The van der Waals surface area contributed by atoms with Gasteiger partial charge in [-0.15, -0.1) is 0 Å². The molecule has 2 heterocycles. The molecule has 1 fully saturated rings.